The summed E-state index contributed by atoms with van der Waals surface area (Å²) in [7, 11) is 1.65. The summed E-state index contributed by atoms with van der Waals surface area (Å²) in [4.78, 5) is 10.1. The first-order valence-corrected chi connectivity index (χ1v) is 5.51. The van der Waals surface area contributed by atoms with Crippen molar-refractivity contribution in [3.8, 4) is 5.75 Å². The van der Waals surface area contributed by atoms with Gasteiger partial charge in [-0.25, -0.2) is 0 Å². The maximum atomic E-state index is 10.1. The predicted octanol–water partition coefficient (Wildman–Crippen LogP) is 2.58. The third kappa shape index (κ3) is 4.94. The zero-order valence-corrected chi connectivity index (χ0v) is 9.65. The van der Waals surface area contributed by atoms with Gasteiger partial charge in [0, 0.05) is 13.0 Å². The van der Waals surface area contributed by atoms with Crippen molar-refractivity contribution in [2.45, 2.75) is 25.9 Å². The Morgan fingerprint density at radius 2 is 1.94 bits per heavy atom. The lowest BCUT2D eigenvalue weighted by Gasteiger charge is -2.04. The minimum Gasteiger partial charge on any atom is -0.497 e. The summed E-state index contributed by atoms with van der Waals surface area (Å²) in [5.41, 5.74) is 1.14. The third-order valence-corrected chi connectivity index (χ3v) is 2.29. The molecular formula is C13H18O3. The summed E-state index contributed by atoms with van der Waals surface area (Å²) in [6.45, 7) is 1.32. The standard InChI is InChI=1S/C13H18O3/c1-15-13-7-5-12(6-8-13)11-16-10-4-2-3-9-14/h5-9H,2-4,10-11H2,1H3. The van der Waals surface area contributed by atoms with E-state index < -0.39 is 0 Å². The van der Waals surface area contributed by atoms with Gasteiger partial charge in [0.15, 0.2) is 0 Å². The average molecular weight is 222 g/mol. The van der Waals surface area contributed by atoms with E-state index in [1.54, 1.807) is 7.11 Å². The smallest absolute Gasteiger partial charge is 0.119 e. The number of aldehydes is 1. The molecule has 0 aromatic heterocycles. The van der Waals surface area contributed by atoms with Gasteiger partial charge < -0.3 is 14.3 Å². The van der Waals surface area contributed by atoms with Crippen molar-refractivity contribution in [1.82, 2.24) is 0 Å². The van der Waals surface area contributed by atoms with E-state index in [2.05, 4.69) is 0 Å². The van der Waals surface area contributed by atoms with Crippen molar-refractivity contribution < 1.29 is 14.3 Å². The highest BCUT2D eigenvalue weighted by Gasteiger charge is 1.95. The van der Waals surface area contributed by atoms with E-state index in [0.717, 1.165) is 30.4 Å². The van der Waals surface area contributed by atoms with Gasteiger partial charge >= 0.3 is 0 Å². The topological polar surface area (TPSA) is 35.5 Å². The molecule has 3 nitrogen and oxygen atoms in total. The van der Waals surface area contributed by atoms with Gasteiger partial charge in [0.25, 0.3) is 0 Å². The maximum absolute atomic E-state index is 10.1. The third-order valence-electron chi connectivity index (χ3n) is 2.29. The number of carbonyl (C=O) groups excluding carboxylic acids is 1. The molecule has 88 valence electrons. The summed E-state index contributed by atoms with van der Waals surface area (Å²) in [5, 5.41) is 0. The van der Waals surface area contributed by atoms with Crippen LogP contribution in [0.4, 0.5) is 0 Å². The van der Waals surface area contributed by atoms with Gasteiger partial charge in [0.05, 0.1) is 13.7 Å². The van der Waals surface area contributed by atoms with E-state index in [0.29, 0.717) is 19.6 Å². The molecule has 0 atom stereocenters. The molecule has 1 aromatic carbocycles. The lowest BCUT2D eigenvalue weighted by Crippen LogP contribution is -1.96. The normalized spacial score (nSPS) is 10.1. The molecule has 0 aliphatic carbocycles. The van der Waals surface area contributed by atoms with Crippen LogP contribution < -0.4 is 4.74 Å². The lowest BCUT2D eigenvalue weighted by molar-refractivity contribution is -0.108. The quantitative estimate of drug-likeness (QED) is 0.501. The Bertz CT molecular complexity index is 293. The number of carbonyl (C=O) groups is 1. The van der Waals surface area contributed by atoms with Gasteiger partial charge in [-0.15, -0.1) is 0 Å². The van der Waals surface area contributed by atoms with Crippen LogP contribution in [-0.2, 0) is 16.1 Å². The fourth-order valence-electron chi connectivity index (χ4n) is 1.34. The van der Waals surface area contributed by atoms with E-state index >= 15 is 0 Å². The molecule has 1 aromatic rings. The highest BCUT2D eigenvalue weighted by atomic mass is 16.5. The van der Waals surface area contributed by atoms with E-state index in [1.807, 2.05) is 24.3 Å². The minimum absolute atomic E-state index is 0.616. The van der Waals surface area contributed by atoms with E-state index in [-0.39, 0.29) is 0 Å². The van der Waals surface area contributed by atoms with Crippen molar-refractivity contribution >= 4 is 6.29 Å². The van der Waals surface area contributed by atoms with E-state index in [9.17, 15) is 4.79 Å². The lowest BCUT2D eigenvalue weighted by atomic mass is 10.2. The molecule has 0 heterocycles. The van der Waals surface area contributed by atoms with Crippen LogP contribution in [0.2, 0.25) is 0 Å². The second-order valence-electron chi connectivity index (χ2n) is 3.56. The Morgan fingerprint density at radius 3 is 2.56 bits per heavy atom. The molecule has 0 saturated carbocycles. The molecule has 1 rings (SSSR count). The maximum Gasteiger partial charge on any atom is 0.119 e. The SMILES string of the molecule is COc1ccc(COCCCCC=O)cc1. The second kappa shape index (κ2) is 7.88. The monoisotopic (exact) mass is 222 g/mol. The van der Waals surface area contributed by atoms with Crippen LogP contribution >= 0.6 is 0 Å². The summed E-state index contributed by atoms with van der Waals surface area (Å²) in [6, 6.07) is 7.82. The van der Waals surface area contributed by atoms with Gasteiger partial charge in [-0.3, -0.25) is 0 Å². The Balaban J connectivity index is 2.14. The molecule has 0 aliphatic rings. The first-order chi connectivity index (χ1) is 7.86. The van der Waals surface area contributed by atoms with Crippen LogP contribution in [0.3, 0.4) is 0 Å². The molecule has 0 unspecified atom stereocenters. The number of hydrogen-bond donors (Lipinski definition) is 0. The highest BCUT2D eigenvalue weighted by Crippen LogP contribution is 2.12. The van der Waals surface area contributed by atoms with Crippen molar-refractivity contribution in [2.24, 2.45) is 0 Å². The molecule has 0 amide bonds. The molecule has 0 N–H and O–H groups in total. The van der Waals surface area contributed by atoms with Crippen molar-refractivity contribution in [2.75, 3.05) is 13.7 Å². The molecule has 0 fully saturated rings. The molecule has 0 saturated heterocycles. The van der Waals surface area contributed by atoms with Gasteiger partial charge in [-0.2, -0.15) is 0 Å². The van der Waals surface area contributed by atoms with Crippen LogP contribution in [-0.4, -0.2) is 20.0 Å². The Hall–Kier alpha value is -1.35. The fraction of sp³-hybridized carbons (Fsp3) is 0.462. The molecule has 0 aliphatic heterocycles. The van der Waals surface area contributed by atoms with E-state index in [1.165, 1.54) is 0 Å². The molecule has 0 radical (unpaired) electrons. The van der Waals surface area contributed by atoms with Gasteiger partial charge in [0.1, 0.15) is 12.0 Å². The average Bonchev–Trinajstić information content (AvgIpc) is 2.34. The van der Waals surface area contributed by atoms with Crippen molar-refractivity contribution in [3.05, 3.63) is 29.8 Å². The fourth-order valence-corrected chi connectivity index (χ4v) is 1.34. The molecule has 0 spiro atoms. The van der Waals surface area contributed by atoms with Gasteiger partial charge in [0.2, 0.25) is 0 Å². The second-order valence-corrected chi connectivity index (χ2v) is 3.56. The van der Waals surface area contributed by atoms with Crippen LogP contribution in [0.15, 0.2) is 24.3 Å². The van der Waals surface area contributed by atoms with Crippen molar-refractivity contribution in [3.63, 3.8) is 0 Å². The van der Waals surface area contributed by atoms with Crippen LogP contribution in [0.1, 0.15) is 24.8 Å². The molecule has 0 bridgehead atoms. The Morgan fingerprint density at radius 1 is 1.19 bits per heavy atom. The predicted molar refractivity (Wildman–Crippen MR) is 62.6 cm³/mol. The first kappa shape index (κ1) is 12.7. The van der Waals surface area contributed by atoms with E-state index in [4.69, 9.17) is 9.47 Å². The number of hydrogen-bond acceptors (Lipinski definition) is 3. The van der Waals surface area contributed by atoms with Crippen LogP contribution in [0, 0.1) is 0 Å². The molecular weight excluding hydrogens is 204 g/mol. The first-order valence-electron chi connectivity index (χ1n) is 5.51. The largest absolute Gasteiger partial charge is 0.497 e. The Labute approximate surface area is 96.4 Å². The Kier molecular flexibility index (Phi) is 6.26. The van der Waals surface area contributed by atoms with Crippen molar-refractivity contribution in [1.29, 1.82) is 0 Å². The number of methoxy groups -OCH3 is 1. The summed E-state index contributed by atoms with van der Waals surface area (Å²) in [5.74, 6) is 0.856. The summed E-state index contributed by atoms with van der Waals surface area (Å²) in [6.07, 6.45) is 3.43. The van der Waals surface area contributed by atoms with Crippen LogP contribution in [0.5, 0.6) is 5.75 Å². The summed E-state index contributed by atoms with van der Waals surface area (Å²) < 4.78 is 10.5. The number of unbranched alkanes of at least 4 members (excludes halogenated alkanes) is 2. The molecule has 16 heavy (non-hydrogen) atoms. The zero-order chi connectivity index (χ0) is 11.6. The summed E-state index contributed by atoms with van der Waals surface area (Å²) >= 11 is 0. The van der Waals surface area contributed by atoms with Gasteiger partial charge in [-0.1, -0.05) is 12.1 Å². The molecule has 3 heteroatoms. The minimum atomic E-state index is 0.616. The van der Waals surface area contributed by atoms with Crippen LogP contribution in [0.25, 0.3) is 0 Å². The van der Waals surface area contributed by atoms with Gasteiger partial charge in [-0.05, 0) is 30.5 Å². The number of benzene rings is 1. The highest BCUT2D eigenvalue weighted by molar-refractivity contribution is 5.48. The number of ether oxygens (including phenoxy) is 2. The number of rotatable bonds is 8. The zero-order valence-electron chi connectivity index (χ0n) is 9.65.